The molecular formula is C25H28N2O2. The van der Waals surface area contributed by atoms with Crippen LogP contribution in [0.1, 0.15) is 36.1 Å². The van der Waals surface area contributed by atoms with Crippen LogP contribution in [0.2, 0.25) is 0 Å². The summed E-state index contributed by atoms with van der Waals surface area (Å²) in [6.45, 7) is 3.90. The molecule has 0 bridgehead atoms. The van der Waals surface area contributed by atoms with Gasteiger partial charge in [-0.15, -0.1) is 0 Å². The van der Waals surface area contributed by atoms with Crippen molar-refractivity contribution in [1.82, 2.24) is 10.2 Å². The molecule has 1 aliphatic rings. The topological polar surface area (TPSA) is 45.5 Å². The van der Waals surface area contributed by atoms with Gasteiger partial charge in [-0.3, -0.25) is 9.69 Å². The predicted molar refractivity (Wildman–Crippen MR) is 115 cm³/mol. The molecule has 4 heteroatoms. The standard InChI is InChI=1S/C25H28N2O2/c28-25(15-13-23-12-14-24(29-23)20-8-2-1-3-9-20)26-18-21-10-4-5-11-22(21)19-27-16-6-7-17-27/h1-5,8-12,14H,6-7,13,15-19H2,(H,26,28). The lowest BCUT2D eigenvalue weighted by atomic mass is 10.1. The molecule has 2 aromatic carbocycles. The number of nitrogens with one attached hydrogen (secondary N) is 1. The molecule has 1 N–H and O–H groups in total. The van der Waals surface area contributed by atoms with E-state index in [9.17, 15) is 4.79 Å². The van der Waals surface area contributed by atoms with Gasteiger partial charge in [0.05, 0.1) is 0 Å². The SMILES string of the molecule is O=C(CCc1ccc(-c2ccccc2)o1)NCc1ccccc1CN1CCCC1. The lowest BCUT2D eigenvalue weighted by Crippen LogP contribution is -2.25. The fourth-order valence-corrected chi connectivity index (χ4v) is 3.85. The van der Waals surface area contributed by atoms with Crippen molar-refractivity contribution >= 4 is 5.91 Å². The first-order valence-corrected chi connectivity index (χ1v) is 10.5. The normalized spacial score (nSPS) is 14.2. The highest BCUT2D eigenvalue weighted by Gasteiger charge is 2.14. The molecule has 3 aromatic rings. The van der Waals surface area contributed by atoms with Gasteiger partial charge < -0.3 is 9.73 Å². The van der Waals surface area contributed by atoms with Gasteiger partial charge in [-0.25, -0.2) is 0 Å². The Bertz CT molecular complexity index is 927. The van der Waals surface area contributed by atoms with Crippen LogP contribution in [0, 0.1) is 0 Å². The molecule has 0 saturated carbocycles. The van der Waals surface area contributed by atoms with E-state index in [1.807, 2.05) is 48.5 Å². The largest absolute Gasteiger partial charge is 0.461 e. The third-order valence-corrected chi connectivity index (χ3v) is 5.51. The molecule has 1 saturated heterocycles. The predicted octanol–water partition coefficient (Wildman–Crippen LogP) is 4.79. The highest BCUT2D eigenvalue weighted by atomic mass is 16.3. The maximum atomic E-state index is 12.4. The van der Waals surface area contributed by atoms with Crippen LogP contribution in [0.4, 0.5) is 0 Å². The molecule has 1 amide bonds. The molecule has 0 aliphatic carbocycles. The minimum atomic E-state index is 0.0543. The molecule has 2 heterocycles. The summed E-state index contributed by atoms with van der Waals surface area (Å²) in [6.07, 6.45) is 3.61. The minimum absolute atomic E-state index is 0.0543. The molecule has 0 radical (unpaired) electrons. The maximum Gasteiger partial charge on any atom is 0.220 e. The van der Waals surface area contributed by atoms with Crippen molar-refractivity contribution in [3.8, 4) is 11.3 Å². The van der Waals surface area contributed by atoms with E-state index in [0.717, 1.165) is 23.6 Å². The van der Waals surface area contributed by atoms with Gasteiger partial charge in [-0.05, 0) is 49.2 Å². The van der Waals surface area contributed by atoms with E-state index < -0.39 is 0 Å². The third-order valence-electron chi connectivity index (χ3n) is 5.51. The van der Waals surface area contributed by atoms with Gasteiger partial charge in [-0.1, -0.05) is 54.6 Å². The maximum absolute atomic E-state index is 12.4. The quantitative estimate of drug-likeness (QED) is 0.603. The number of likely N-dealkylation sites (tertiary alicyclic amines) is 1. The van der Waals surface area contributed by atoms with E-state index in [2.05, 4.69) is 28.4 Å². The number of aryl methyl sites for hydroxylation is 1. The molecule has 150 valence electrons. The second-order valence-electron chi connectivity index (χ2n) is 7.66. The molecule has 1 aliphatic heterocycles. The highest BCUT2D eigenvalue weighted by Crippen LogP contribution is 2.22. The van der Waals surface area contributed by atoms with Crippen molar-refractivity contribution in [2.45, 2.75) is 38.8 Å². The number of furan rings is 1. The summed E-state index contributed by atoms with van der Waals surface area (Å²) >= 11 is 0. The van der Waals surface area contributed by atoms with Crippen LogP contribution in [0.25, 0.3) is 11.3 Å². The van der Waals surface area contributed by atoms with Gasteiger partial charge >= 0.3 is 0 Å². The van der Waals surface area contributed by atoms with Crippen molar-refractivity contribution in [1.29, 1.82) is 0 Å². The van der Waals surface area contributed by atoms with E-state index in [1.54, 1.807) is 0 Å². The van der Waals surface area contributed by atoms with Crippen molar-refractivity contribution in [2.75, 3.05) is 13.1 Å². The van der Waals surface area contributed by atoms with Crippen LogP contribution in [0.3, 0.4) is 0 Å². The number of nitrogens with zero attached hydrogens (tertiary/aromatic N) is 1. The Labute approximate surface area is 172 Å². The Morgan fingerprint density at radius 2 is 1.62 bits per heavy atom. The van der Waals surface area contributed by atoms with Gasteiger partial charge in [0.15, 0.2) is 0 Å². The Hall–Kier alpha value is -2.85. The van der Waals surface area contributed by atoms with E-state index in [4.69, 9.17) is 4.42 Å². The number of carbonyl (C=O) groups excluding carboxylic acids is 1. The fraction of sp³-hybridized carbons (Fsp3) is 0.320. The first-order valence-electron chi connectivity index (χ1n) is 10.5. The second-order valence-corrected chi connectivity index (χ2v) is 7.66. The molecule has 1 fully saturated rings. The van der Waals surface area contributed by atoms with E-state index >= 15 is 0 Å². The van der Waals surface area contributed by atoms with Crippen LogP contribution in [0.15, 0.2) is 71.1 Å². The minimum Gasteiger partial charge on any atom is -0.461 e. The number of rotatable bonds is 8. The van der Waals surface area contributed by atoms with Gasteiger partial charge in [0.1, 0.15) is 11.5 Å². The van der Waals surface area contributed by atoms with Gasteiger partial charge in [0.2, 0.25) is 5.91 Å². The lowest BCUT2D eigenvalue weighted by Gasteiger charge is -2.17. The first kappa shape index (κ1) is 19.5. The summed E-state index contributed by atoms with van der Waals surface area (Å²) in [4.78, 5) is 14.8. The Morgan fingerprint density at radius 1 is 0.897 bits per heavy atom. The summed E-state index contributed by atoms with van der Waals surface area (Å²) in [6, 6.07) is 22.4. The first-order chi connectivity index (χ1) is 14.3. The fourth-order valence-electron chi connectivity index (χ4n) is 3.85. The number of carbonyl (C=O) groups is 1. The third kappa shape index (κ3) is 5.36. The average Bonchev–Trinajstić information content (AvgIpc) is 3.44. The monoisotopic (exact) mass is 388 g/mol. The summed E-state index contributed by atoms with van der Waals surface area (Å²) in [5, 5.41) is 3.07. The van der Waals surface area contributed by atoms with Gasteiger partial charge in [0, 0.05) is 31.5 Å². The smallest absolute Gasteiger partial charge is 0.220 e. The van der Waals surface area contributed by atoms with Crippen LogP contribution >= 0.6 is 0 Å². The van der Waals surface area contributed by atoms with Crippen LogP contribution < -0.4 is 5.32 Å². The number of benzene rings is 2. The summed E-state index contributed by atoms with van der Waals surface area (Å²) in [5.74, 6) is 1.74. The summed E-state index contributed by atoms with van der Waals surface area (Å²) in [7, 11) is 0. The second kappa shape index (κ2) is 9.57. The molecule has 0 atom stereocenters. The van der Waals surface area contributed by atoms with Crippen LogP contribution in [-0.4, -0.2) is 23.9 Å². The molecule has 0 spiro atoms. The summed E-state index contributed by atoms with van der Waals surface area (Å²) in [5.41, 5.74) is 3.57. The molecule has 4 rings (SSSR count). The van der Waals surface area contributed by atoms with E-state index in [0.29, 0.717) is 19.4 Å². The molecule has 4 nitrogen and oxygen atoms in total. The van der Waals surface area contributed by atoms with Crippen molar-refractivity contribution in [2.24, 2.45) is 0 Å². The van der Waals surface area contributed by atoms with Crippen LogP contribution in [0.5, 0.6) is 0 Å². The van der Waals surface area contributed by atoms with Gasteiger partial charge in [0.25, 0.3) is 0 Å². The van der Waals surface area contributed by atoms with E-state index in [1.165, 1.54) is 37.1 Å². The number of amides is 1. The zero-order valence-corrected chi connectivity index (χ0v) is 16.8. The number of hydrogen-bond donors (Lipinski definition) is 1. The molecule has 1 aromatic heterocycles. The summed E-state index contributed by atoms with van der Waals surface area (Å²) < 4.78 is 5.89. The Morgan fingerprint density at radius 3 is 2.41 bits per heavy atom. The van der Waals surface area contributed by atoms with E-state index in [-0.39, 0.29) is 5.91 Å². The van der Waals surface area contributed by atoms with Crippen molar-refractivity contribution in [3.05, 3.63) is 83.6 Å². The molecule has 29 heavy (non-hydrogen) atoms. The van der Waals surface area contributed by atoms with Crippen LogP contribution in [-0.2, 0) is 24.3 Å². The lowest BCUT2D eigenvalue weighted by molar-refractivity contribution is -0.121. The zero-order valence-electron chi connectivity index (χ0n) is 16.8. The highest BCUT2D eigenvalue weighted by molar-refractivity contribution is 5.76. The Balaban J connectivity index is 1.27. The average molecular weight is 389 g/mol. The van der Waals surface area contributed by atoms with Gasteiger partial charge in [-0.2, -0.15) is 0 Å². The molecule has 0 unspecified atom stereocenters. The molecular weight excluding hydrogens is 360 g/mol. The number of hydrogen-bond acceptors (Lipinski definition) is 3. The van der Waals surface area contributed by atoms with Crippen molar-refractivity contribution < 1.29 is 9.21 Å². The van der Waals surface area contributed by atoms with Crippen molar-refractivity contribution in [3.63, 3.8) is 0 Å². The Kier molecular flexibility index (Phi) is 6.42. The zero-order chi connectivity index (χ0) is 19.9.